The molecule has 0 saturated heterocycles. The Morgan fingerprint density at radius 1 is 1.28 bits per heavy atom. The van der Waals surface area contributed by atoms with Gasteiger partial charge >= 0.3 is 6.09 Å². The first kappa shape index (κ1) is 21.0. The van der Waals surface area contributed by atoms with Crippen molar-refractivity contribution in [3.8, 4) is 5.75 Å². The SMILES string of the molecule is COc1ccc(Cl)cc1C(=O)Nc1c2c(nn1C)CCN(C(=O)OC(C)(C)C)C2. The molecule has 0 bridgehead atoms. The standard InChI is InChI=1S/C20H25ClN4O4/c1-20(2,3)29-19(27)25-9-8-15-14(11-25)17(24(4)23-15)22-18(26)13-10-12(21)6-7-16(13)28-5/h6-7,10H,8-9,11H2,1-5H3,(H,22,26). The molecular formula is C20H25ClN4O4. The summed E-state index contributed by atoms with van der Waals surface area (Å²) >= 11 is 6.04. The number of halogens is 1. The number of hydrogen-bond acceptors (Lipinski definition) is 5. The summed E-state index contributed by atoms with van der Waals surface area (Å²) in [6.07, 6.45) is 0.194. The van der Waals surface area contributed by atoms with E-state index in [0.717, 1.165) is 11.3 Å². The second kappa shape index (κ2) is 7.94. The molecule has 0 radical (unpaired) electrons. The van der Waals surface area contributed by atoms with Crippen LogP contribution in [0.15, 0.2) is 18.2 Å². The van der Waals surface area contributed by atoms with E-state index in [1.807, 2.05) is 20.8 Å². The van der Waals surface area contributed by atoms with E-state index in [-0.39, 0.29) is 12.0 Å². The third kappa shape index (κ3) is 4.64. The van der Waals surface area contributed by atoms with Gasteiger partial charge in [-0.1, -0.05) is 11.6 Å². The number of nitrogens with one attached hydrogen (secondary N) is 1. The van der Waals surface area contributed by atoms with Crippen LogP contribution in [-0.4, -0.2) is 45.9 Å². The van der Waals surface area contributed by atoms with Crippen LogP contribution >= 0.6 is 11.6 Å². The van der Waals surface area contributed by atoms with Crippen LogP contribution in [0.3, 0.4) is 0 Å². The van der Waals surface area contributed by atoms with Crippen molar-refractivity contribution >= 4 is 29.4 Å². The Morgan fingerprint density at radius 3 is 2.66 bits per heavy atom. The number of benzene rings is 1. The molecule has 1 aromatic heterocycles. The second-order valence-corrected chi connectivity index (χ2v) is 8.28. The van der Waals surface area contributed by atoms with Gasteiger partial charge in [0.05, 0.1) is 24.9 Å². The maximum absolute atomic E-state index is 12.9. The maximum atomic E-state index is 12.9. The Balaban J connectivity index is 1.85. The number of aryl methyl sites for hydroxylation is 1. The van der Waals surface area contributed by atoms with Crippen LogP contribution < -0.4 is 10.1 Å². The smallest absolute Gasteiger partial charge is 0.410 e. The minimum absolute atomic E-state index is 0.306. The maximum Gasteiger partial charge on any atom is 0.410 e. The predicted molar refractivity (Wildman–Crippen MR) is 110 cm³/mol. The van der Waals surface area contributed by atoms with Gasteiger partial charge in [0.1, 0.15) is 17.2 Å². The average Bonchev–Trinajstić information content (AvgIpc) is 2.95. The largest absolute Gasteiger partial charge is 0.496 e. The number of amides is 2. The summed E-state index contributed by atoms with van der Waals surface area (Å²) in [7, 11) is 3.24. The highest BCUT2D eigenvalue weighted by Crippen LogP contribution is 2.29. The molecule has 1 N–H and O–H groups in total. The summed E-state index contributed by atoms with van der Waals surface area (Å²) in [5.74, 6) is 0.572. The number of fused-ring (bicyclic) bond motifs is 1. The number of methoxy groups -OCH3 is 1. The molecule has 1 aliphatic heterocycles. The van der Waals surface area contributed by atoms with Crippen molar-refractivity contribution in [2.75, 3.05) is 19.0 Å². The Labute approximate surface area is 174 Å². The van der Waals surface area contributed by atoms with E-state index >= 15 is 0 Å². The van der Waals surface area contributed by atoms with Gasteiger partial charge in [0, 0.05) is 30.6 Å². The second-order valence-electron chi connectivity index (χ2n) is 7.85. The van der Waals surface area contributed by atoms with Crippen LogP contribution in [0.4, 0.5) is 10.6 Å². The van der Waals surface area contributed by atoms with Crippen molar-refractivity contribution in [2.24, 2.45) is 7.05 Å². The molecule has 0 fully saturated rings. The van der Waals surface area contributed by atoms with Gasteiger partial charge < -0.3 is 19.7 Å². The summed E-state index contributed by atoms with van der Waals surface area (Å²) < 4.78 is 12.4. The zero-order valence-electron chi connectivity index (χ0n) is 17.2. The Hall–Kier alpha value is -2.74. The highest BCUT2D eigenvalue weighted by molar-refractivity contribution is 6.31. The monoisotopic (exact) mass is 420 g/mol. The van der Waals surface area contributed by atoms with Crippen molar-refractivity contribution < 1.29 is 19.1 Å². The number of carbonyl (C=O) groups excluding carboxylic acids is 2. The zero-order valence-corrected chi connectivity index (χ0v) is 18.0. The first-order valence-electron chi connectivity index (χ1n) is 9.26. The van der Waals surface area contributed by atoms with E-state index in [0.29, 0.717) is 41.7 Å². The lowest BCUT2D eigenvalue weighted by atomic mass is 10.1. The Bertz CT molecular complexity index is 949. The number of hydrogen-bond donors (Lipinski definition) is 1. The Morgan fingerprint density at radius 2 is 2.00 bits per heavy atom. The number of nitrogens with zero attached hydrogens (tertiary/aromatic N) is 3. The Kier molecular flexibility index (Phi) is 5.75. The predicted octanol–water partition coefficient (Wildman–Crippen LogP) is 3.63. The molecule has 0 saturated carbocycles. The molecule has 0 atom stereocenters. The fourth-order valence-electron chi connectivity index (χ4n) is 3.17. The van der Waals surface area contributed by atoms with Crippen LogP contribution in [0, 0.1) is 0 Å². The van der Waals surface area contributed by atoms with Gasteiger partial charge in [0.2, 0.25) is 0 Å². The molecule has 1 aromatic carbocycles. The normalized spacial score (nSPS) is 13.7. The van der Waals surface area contributed by atoms with Crippen LogP contribution in [0.2, 0.25) is 5.02 Å². The summed E-state index contributed by atoms with van der Waals surface area (Å²) in [6.45, 7) is 6.30. The number of aromatic nitrogens is 2. The van der Waals surface area contributed by atoms with E-state index < -0.39 is 5.60 Å². The molecule has 156 valence electrons. The van der Waals surface area contributed by atoms with Crippen molar-refractivity contribution in [3.05, 3.63) is 40.0 Å². The van der Waals surface area contributed by atoms with E-state index in [1.54, 1.807) is 34.8 Å². The minimum atomic E-state index is -0.577. The molecule has 0 aliphatic carbocycles. The lowest BCUT2D eigenvalue weighted by molar-refractivity contribution is 0.0224. The summed E-state index contributed by atoms with van der Waals surface area (Å²) in [4.78, 5) is 27.0. The van der Waals surface area contributed by atoms with Gasteiger partial charge in [0.25, 0.3) is 5.91 Å². The number of ether oxygens (including phenoxy) is 2. The molecule has 3 rings (SSSR count). The third-order valence-corrected chi connectivity index (χ3v) is 4.72. The van der Waals surface area contributed by atoms with E-state index in [2.05, 4.69) is 10.4 Å². The molecule has 2 aromatic rings. The fourth-order valence-corrected chi connectivity index (χ4v) is 3.34. The van der Waals surface area contributed by atoms with Crippen LogP contribution in [0.1, 0.15) is 42.4 Å². The van der Waals surface area contributed by atoms with Gasteiger partial charge in [-0.05, 0) is 39.0 Å². The molecule has 2 heterocycles. The van der Waals surface area contributed by atoms with Gasteiger partial charge in [-0.3, -0.25) is 9.48 Å². The van der Waals surface area contributed by atoms with Gasteiger partial charge in [-0.25, -0.2) is 4.79 Å². The van der Waals surface area contributed by atoms with E-state index in [4.69, 9.17) is 21.1 Å². The number of anilines is 1. The number of carbonyl (C=O) groups is 2. The highest BCUT2D eigenvalue weighted by atomic mass is 35.5. The molecule has 0 spiro atoms. The van der Waals surface area contributed by atoms with Crippen molar-refractivity contribution in [1.82, 2.24) is 14.7 Å². The van der Waals surface area contributed by atoms with Crippen LogP contribution in [0.5, 0.6) is 5.75 Å². The molecule has 0 unspecified atom stereocenters. The minimum Gasteiger partial charge on any atom is -0.496 e. The van der Waals surface area contributed by atoms with E-state index in [1.165, 1.54) is 7.11 Å². The third-order valence-electron chi connectivity index (χ3n) is 4.49. The zero-order chi connectivity index (χ0) is 21.3. The summed E-state index contributed by atoms with van der Waals surface area (Å²) in [6, 6.07) is 4.84. The summed E-state index contributed by atoms with van der Waals surface area (Å²) in [5, 5.41) is 7.81. The quantitative estimate of drug-likeness (QED) is 0.819. The molecule has 29 heavy (non-hydrogen) atoms. The molecular weight excluding hydrogens is 396 g/mol. The van der Waals surface area contributed by atoms with E-state index in [9.17, 15) is 9.59 Å². The first-order chi connectivity index (χ1) is 13.6. The molecule has 1 aliphatic rings. The lowest BCUT2D eigenvalue weighted by Crippen LogP contribution is -2.40. The van der Waals surface area contributed by atoms with Crippen molar-refractivity contribution in [3.63, 3.8) is 0 Å². The topological polar surface area (TPSA) is 85.7 Å². The average molecular weight is 421 g/mol. The van der Waals surface area contributed by atoms with Crippen LogP contribution in [-0.2, 0) is 24.8 Å². The molecule has 8 nitrogen and oxygen atoms in total. The van der Waals surface area contributed by atoms with Crippen molar-refractivity contribution in [1.29, 1.82) is 0 Å². The highest BCUT2D eigenvalue weighted by Gasteiger charge is 2.30. The number of rotatable bonds is 3. The fraction of sp³-hybridized carbons (Fsp3) is 0.450. The van der Waals surface area contributed by atoms with Crippen LogP contribution in [0.25, 0.3) is 0 Å². The molecule has 9 heteroatoms. The van der Waals surface area contributed by atoms with Crippen molar-refractivity contribution in [2.45, 2.75) is 39.3 Å². The lowest BCUT2D eigenvalue weighted by Gasteiger charge is -2.29. The summed E-state index contributed by atoms with van der Waals surface area (Å²) in [5.41, 5.74) is 1.38. The van der Waals surface area contributed by atoms with Gasteiger partial charge in [0.15, 0.2) is 0 Å². The molecule has 2 amide bonds. The van der Waals surface area contributed by atoms with Gasteiger partial charge in [-0.2, -0.15) is 5.10 Å². The van der Waals surface area contributed by atoms with Gasteiger partial charge in [-0.15, -0.1) is 0 Å². The first-order valence-corrected chi connectivity index (χ1v) is 9.64.